The molecule has 0 saturated heterocycles. The number of nitrogens with zero attached hydrogens (tertiary/aromatic N) is 1. The second-order valence-electron chi connectivity index (χ2n) is 6.01. The van der Waals surface area contributed by atoms with Crippen molar-refractivity contribution < 1.29 is 4.79 Å². The number of unbranched alkanes of at least 4 members (excludes halogenated alkanes) is 2. The van der Waals surface area contributed by atoms with Crippen LogP contribution in [0, 0.1) is 16.7 Å². The summed E-state index contributed by atoms with van der Waals surface area (Å²) in [5.74, 6) is -0.138. The number of rotatable bonds is 6. The second-order valence-corrected chi connectivity index (χ2v) is 6.01. The van der Waals surface area contributed by atoms with Gasteiger partial charge in [0.25, 0.3) is 0 Å². The van der Waals surface area contributed by atoms with E-state index in [1.54, 1.807) is 0 Å². The number of carbonyl (C=O) groups is 1. The average Bonchev–Trinajstić information content (AvgIpc) is 2.99. The molecule has 1 aromatic carbocycles. The van der Waals surface area contributed by atoms with Gasteiger partial charge in [0.05, 0.1) is 6.07 Å². The third-order valence-electron chi connectivity index (χ3n) is 4.39. The van der Waals surface area contributed by atoms with Crippen molar-refractivity contribution in [3.63, 3.8) is 0 Å². The topological polar surface area (TPSA) is 52.9 Å². The maximum atomic E-state index is 12.3. The molecule has 112 valence electrons. The Balaban J connectivity index is 1.94. The molecule has 3 nitrogen and oxygen atoms in total. The molecule has 0 spiro atoms. The van der Waals surface area contributed by atoms with Crippen LogP contribution in [0.5, 0.6) is 0 Å². The first-order valence-corrected chi connectivity index (χ1v) is 8.02. The van der Waals surface area contributed by atoms with Crippen molar-refractivity contribution >= 4 is 11.6 Å². The van der Waals surface area contributed by atoms with E-state index in [-0.39, 0.29) is 5.91 Å². The lowest BCUT2D eigenvalue weighted by Gasteiger charge is -2.19. The molecule has 1 fully saturated rings. The van der Waals surface area contributed by atoms with Crippen LogP contribution in [0.1, 0.15) is 57.4 Å². The Labute approximate surface area is 127 Å². The fraction of sp³-hybridized carbons (Fsp3) is 0.556. The number of nitrogens with one attached hydrogen (secondary N) is 1. The highest BCUT2D eigenvalue weighted by molar-refractivity contribution is 5.97. The maximum Gasteiger partial charge on any atom is 0.244 e. The van der Waals surface area contributed by atoms with Gasteiger partial charge in [0.2, 0.25) is 5.91 Å². The van der Waals surface area contributed by atoms with Crippen LogP contribution in [-0.4, -0.2) is 5.91 Å². The number of nitriles is 1. The van der Waals surface area contributed by atoms with E-state index in [4.69, 9.17) is 0 Å². The Hall–Kier alpha value is -1.82. The molecule has 1 aliphatic carbocycles. The van der Waals surface area contributed by atoms with E-state index in [1.807, 2.05) is 12.1 Å². The summed E-state index contributed by atoms with van der Waals surface area (Å²) in [5.41, 5.74) is 1.29. The van der Waals surface area contributed by atoms with Crippen molar-refractivity contribution in [2.45, 2.75) is 58.3 Å². The van der Waals surface area contributed by atoms with Gasteiger partial charge < -0.3 is 5.32 Å². The first kappa shape index (κ1) is 15.6. The van der Waals surface area contributed by atoms with Crippen molar-refractivity contribution in [2.75, 3.05) is 5.32 Å². The molecular formula is C18H24N2O. The Bertz CT molecular complexity index is 507. The minimum atomic E-state index is -0.806. The molecule has 1 N–H and O–H groups in total. The van der Waals surface area contributed by atoms with Crippen molar-refractivity contribution in [2.24, 2.45) is 5.41 Å². The number of aryl methyl sites for hydroxylation is 1. The van der Waals surface area contributed by atoms with Crippen molar-refractivity contribution in [3.05, 3.63) is 29.8 Å². The van der Waals surface area contributed by atoms with Crippen LogP contribution in [0.2, 0.25) is 0 Å². The van der Waals surface area contributed by atoms with Gasteiger partial charge in [-0.25, -0.2) is 0 Å². The summed E-state index contributed by atoms with van der Waals surface area (Å²) in [6.45, 7) is 2.20. The highest BCUT2D eigenvalue weighted by atomic mass is 16.2. The fourth-order valence-electron chi connectivity index (χ4n) is 2.95. The highest BCUT2D eigenvalue weighted by Gasteiger charge is 2.41. The molecule has 0 aromatic heterocycles. The SMILES string of the molecule is CCCCCc1ccc(NC(=O)C2(C#N)CCCC2)cc1. The first-order valence-electron chi connectivity index (χ1n) is 8.02. The number of amides is 1. The van der Waals surface area contributed by atoms with Crippen molar-refractivity contribution in [1.82, 2.24) is 0 Å². The summed E-state index contributed by atoms with van der Waals surface area (Å²) in [7, 11) is 0. The largest absolute Gasteiger partial charge is 0.325 e. The number of benzene rings is 1. The van der Waals surface area contributed by atoms with Gasteiger partial charge >= 0.3 is 0 Å². The van der Waals surface area contributed by atoms with Gasteiger partial charge in [-0.2, -0.15) is 5.26 Å². The summed E-state index contributed by atoms with van der Waals surface area (Å²) in [6, 6.07) is 10.3. The molecule has 2 rings (SSSR count). The lowest BCUT2D eigenvalue weighted by atomic mass is 9.87. The maximum absolute atomic E-state index is 12.3. The van der Waals surface area contributed by atoms with E-state index in [2.05, 4.69) is 30.4 Å². The van der Waals surface area contributed by atoms with Crippen molar-refractivity contribution in [1.29, 1.82) is 5.26 Å². The molecular weight excluding hydrogens is 260 g/mol. The molecule has 1 amide bonds. The first-order chi connectivity index (χ1) is 10.2. The highest BCUT2D eigenvalue weighted by Crippen LogP contribution is 2.38. The van der Waals surface area contributed by atoms with Crippen LogP contribution in [-0.2, 0) is 11.2 Å². The number of anilines is 1. The van der Waals surface area contributed by atoms with Crippen LogP contribution in [0.3, 0.4) is 0 Å². The Morgan fingerprint density at radius 1 is 1.24 bits per heavy atom. The Kier molecular flexibility index (Phi) is 5.38. The molecule has 1 aromatic rings. The van der Waals surface area contributed by atoms with E-state index in [0.29, 0.717) is 12.8 Å². The summed E-state index contributed by atoms with van der Waals surface area (Å²) >= 11 is 0. The second kappa shape index (κ2) is 7.26. The molecule has 3 heteroatoms. The summed E-state index contributed by atoms with van der Waals surface area (Å²) in [6.07, 6.45) is 8.08. The van der Waals surface area contributed by atoms with E-state index in [1.165, 1.54) is 24.8 Å². The van der Waals surface area contributed by atoms with E-state index in [0.717, 1.165) is 24.9 Å². The molecule has 0 atom stereocenters. The smallest absolute Gasteiger partial charge is 0.244 e. The average molecular weight is 284 g/mol. The van der Waals surface area contributed by atoms with Crippen LogP contribution in [0.15, 0.2) is 24.3 Å². The summed E-state index contributed by atoms with van der Waals surface area (Å²) in [5, 5.41) is 12.2. The summed E-state index contributed by atoms with van der Waals surface area (Å²) < 4.78 is 0. The van der Waals surface area contributed by atoms with E-state index < -0.39 is 5.41 Å². The lowest BCUT2D eigenvalue weighted by molar-refractivity contribution is -0.122. The van der Waals surface area contributed by atoms with Crippen LogP contribution >= 0.6 is 0 Å². The number of hydrogen-bond acceptors (Lipinski definition) is 2. The van der Waals surface area contributed by atoms with Gasteiger partial charge in [0, 0.05) is 5.69 Å². The molecule has 1 aliphatic rings. The summed E-state index contributed by atoms with van der Waals surface area (Å²) in [4.78, 5) is 12.3. The molecule has 0 unspecified atom stereocenters. The third kappa shape index (κ3) is 3.85. The van der Waals surface area contributed by atoms with Gasteiger partial charge in [-0.15, -0.1) is 0 Å². The van der Waals surface area contributed by atoms with Crippen molar-refractivity contribution in [3.8, 4) is 6.07 Å². The number of hydrogen-bond donors (Lipinski definition) is 1. The molecule has 0 heterocycles. The fourth-order valence-corrected chi connectivity index (χ4v) is 2.95. The molecule has 0 aliphatic heterocycles. The zero-order valence-electron chi connectivity index (χ0n) is 12.8. The van der Waals surface area contributed by atoms with Gasteiger partial charge in [0.1, 0.15) is 5.41 Å². The zero-order chi connectivity index (χ0) is 15.1. The number of carbonyl (C=O) groups excluding carboxylic acids is 1. The van der Waals surface area contributed by atoms with Gasteiger partial charge in [-0.05, 0) is 43.4 Å². The monoisotopic (exact) mass is 284 g/mol. The molecule has 0 bridgehead atoms. The van der Waals surface area contributed by atoms with E-state index >= 15 is 0 Å². The van der Waals surface area contributed by atoms with Crippen LogP contribution < -0.4 is 5.32 Å². The normalized spacial score (nSPS) is 16.4. The van der Waals surface area contributed by atoms with Crippen LogP contribution in [0.4, 0.5) is 5.69 Å². The Morgan fingerprint density at radius 2 is 1.90 bits per heavy atom. The predicted octanol–water partition coefficient (Wildman–Crippen LogP) is 4.44. The van der Waals surface area contributed by atoms with Gasteiger partial charge in [-0.1, -0.05) is 44.7 Å². The molecule has 1 saturated carbocycles. The Morgan fingerprint density at radius 3 is 2.48 bits per heavy atom. The minimum absolute atomic E-state index is 0.138. The third-order valence-corrected chi connectivity index (χ3v) is 4.39. The lowest BCUT2D eigenvalue weighted by Crippen LogP contribution is -2.32. The van der Waals surface area contributed by atoms with Gasteiger partial charge in [0.15, 0.2) is 0 Å². The zero-order valence-corrected chi connectivity index (χ0v) is 12.8. The predicted molar refractivity (Wildman–Crippen MR) is 84.8 cm³/mol. The standard InChI is InChI=1S/C18H24N2O/c1-2-3-4-7-15-8-10-16(11-9-15)20-17(21)18(14-19)12-5-6-13-18/h8-11H,2-7,12-13H2,1H3,(H,20,21). The van der Waals surface area contributed by atoms with Crippen LogP contribution in [0.25, 0.3) is 0 Å². The van der Waals surface area contributed by atoms with E-state index in [9.17, 15) is 10.1 Å². The minimum Gasteiger partial charge on any atom is -0.325 e. The molecule has 21 heavy (non-hydrogen) atoms. The van der Waals surface area contributed by atoms with Gasteiger partial charge in [-0.3, -0.25) is 4.79 Å². The molecule has 0 radical (unpaired) electrons. The quantitative estimate of drug-likeness (QED) is 0.785.